The van der Waals surface area contributed by atoms with Gasteiger partial charge in [0.15, 0.2) is 5.76 Å². The zero-order chi connectivity index (χ0) is 19.5. The van der Waals surface area contributed by atoms with Crippen LogP contribution in [0.3, 0.4) is 0 Å². The smallest absolute Gasteiger partial charge is 0.238 e. The molecule has 0 N–H and O–H groups in total. The molecule has 146 valence electrons. The lowest BCUT2D eigenvalue weighted by Crippen LogP contribution is -2.46. The highest BCUT2D eigenvalue weighted by molar-refractivity contribution is 5.76. The zero-order valence-electron chi connectivity index (χ0n) is 16.2. The number of hydrogen-bond acceptors (Lipinski definition) is 6. The number of fused-ring (bicyclic) bond motifs is 1. The van der Waals surface area contributed by atoms with Gasteiger partial charge in [0.25, 0.3) is 0 Å². The number of furan rings is 1. The maximum absolute atomic E-state index is 12.6. The van der Waals surface area contributed by atoms with E-state index in [0.29, 0.717) is 42.9 Å². The third-order valence-corrected chi connectivity index (χ3v) is 5.29. The van der Waals surface area contributed by atoms with Gasteiger partial charge in [0.1, 0.15) is 0 Å². The van der Waals surface area contributed by atoms with Gasteiger partial charge in [-0.3, -0.25) is 9.69 Å². The second-order valence-electron chi connectivity index (χ2n) is 7.31. The molecule has 7 heteroatoms. The summed E-state index contributed by atoms with van der Waals surface area (Å²) in [6, 6.07) is 12.4. The molecule has 2 aromatic heterocycles. The van der Waals surface area contributed by atoms with E-state index in [1.165, 1.54) is 11.1 Å². The van der Waals surface area contributed by atoms with Crippen molar-refractivity contribution in [2.45, 2.75) is 31.8 Å². The molecule has 1 aliphatic heterocycles. The first-order chi connectivity index (χ1) is 13.6. The predicted molar refractivity (Wildman–Crippen MR) is 103 cm³/mol. The summed E-state index contributed by atoms with van der Waals surface area (Å²) < 4.78 is 10.5. The van der Waals surface area contributed by atoms with Gasteiger partial charge in [-0.1, -0.05) is 29.4 Å². The molecular weight excluding hydrogens is 356 g/mol. The van der Waals surface area contributed by atoms with E-state index >= 15 is 0 Å². The van der Waals surface area contributed by atoms with Crippen LogP contribution in [-0.4, -0.2) is 52.5 Å². The minimum atomic E-state index is 0.0741. The van der Waals surface area contributed by atoms with Crippen LogP contribution < -0.4 is 0 Å². The van der Waals surface area contributed by atoms with Gasteiger partial charge in [0.05, 0.1) is 6.26 Å². The average molecular weight is 380 g/mol. The number of aryl methyl sites for hydroxylation is 1. The molecule has 0 fully saturated rings. The van der Waals surface area contributed by atoms with Gasteiger partial charge in [0.2, 0.25) is 17.6 Å². The SMILES string of the molecule is CN(CC1Cc2ccccc2CN1C)C(=O)CCc1nc(-c2ccco2)no1. The molecule has 7 nitrogen and oxygen atoms in total. The highest BCUT2D eigenvalue weighted by Crippen LogP contribution is 2.22. The van der Waals surface area contributed by atoms with Crippen molar-refractivity contribution in [1.82, 2.24) is 19.9 Å². The maximum atomic E-state index is 12.6. The van der Waals surface area contributed by atoms with Crippen molar-refractivity contribution in [2.75, 3.05) is 20.6 Å². The van der Waals surface area contributed by atoms with Crippen LogP contribution >= 0.6 is 0 Å². The molecule has 1 unspecified atom stereocenters. The van der Waals surface area contributed by atoms with Crippen molar-refractivity contribution < 1.29 is 13.7 Å². The fourth-order valence-electron chi connectivity index (χ4n) is 3.61. The van der Waals surface area contributed by atoms with Gasteiger partial charge in [-0.15, -0.1) is 0 Å². The van der Waals surface area contributed by atoms with E-state index in [9.17, 15) is 4.79 Å². The van der Waals surface area contributed by atoms with Gasteiger partial charge in [-0.25, -0.2) is 0 Å². The van der Waals surface area contributed by atoms with Crippen molar-refractivity contribution >= 4 is 5.91 Å². The van der Waals surface area contributed by atoms with E-state index < -0.39 is 0 Å². The molecule has 1 atom stereocenters. The number of carbonyl (C=O) groups excluding carboxylic acids is 1. The van der Waals surface area contributed by atoms with Gasteiger partial charge in [0, 0.05) is 39.0 Å². The predicted octanol–water partition coefficient (Wildman–Crippen LogP) is 2.78. The summed E-state index contributed by atoms with van der Waals surface area (Å²) in [6.07, 6.45) is 3.27. The van der Waals surface area contributed by atoms with Gasteiger partial charge >= 0.3 is 0 Å². The van der Waals surface area contributed by atoms with E-state index in [4.69, 9.17) is 8.94 Å². The second kappa shape index (κ2) is 7.98. The Kier molecular flexibility index (Phi) is 5.25. The molecular formula is C21H24N4O3. The molecule has 0 bridgehead atoms. The molecule has 0 saturated heterocycles. The molecule has 3 heterocycles. The molecule has 1 amide bonds. The van der Waals surface area contributed by atoms with E-state index in [2.05, 4.69) is 46.4 Å². The Morgan fingerprint density at radius 3 is 2.86 bits per heavy atom. The highest BCUT2D eigenvalue weighted by atomic mass is 16.5. The fourth-order valence-corrected chi connectivity index (χ4v) is 3.61. The lowest BCUT2D eigenvalue weighted by atomic mass is 9.94. The molecule has 0 radical (unpaired) electrons. The quantitative estimate of drug-likeness (QED) is 0.655. The number of aromatic nitrogens is 2. The normalized spacial score (nSPS) is 16.7. The number of nitrogens with zero attached hydrogens (tertiary/aromatic N) is 4. The number of benzene rings is 1. The fraction of sp³-hybridized carbons (Fsp3) is 0.381. The molecule has 28 heavy (non-hydrogen) atoms. The Labute approximate surface area is 163 Å². The van der Waals surface area contributed by atoms with E-state index in [-0.39, 0.29) is 5.91 Å². The summed E-state index contributed by atoms with van der Waals surface area (Å²) in [5.41, 5.74) is 2.75. The van der Waals surface area contributed by atoms with Crippen LogP contribution in [-0.2, 0) is 24.2 Å². The minimum absolute atomic E-state index is 0.0741. The number of carbonyl (C=O) groups is 1. The number of likely N-dealkylation sites (N-methyl/N-ethyl adjacent to an activating group) is 2. The first-order valence-electron chi connectivity index (χ1n) is 9.47. The molecule has 0 aliphatic carbocycles. The van der Waals surface area contributed by atoms with Crippen LogP contribution in [0.15, 0.2) is 51.6 Å². The van der Waals surface area contributed by atoms with Crippen molar-refractivity contribution in [3.05, 3.63) is 59.7 Å². The molecule has 0 spiro atoms. The minimum Gasteiger partial charge on any atom is -0.461 e. The Bertz CT molecular complexity index is 935. The van der Waals surface area contributed by atoms with Crippen molar-refractivity contribution in [2.24, 2.45) is 0 Å². The lowest BCUT2D eigenvalue weighted by Gasteiger charge is -2.36. The topological polar surface area (TPSA) is 75.6 Å². The summed E-state index contributed by atoms with van der Waals surface area (Å²) in [5.74, 6) is 1.48. The summed E-state index contributed by atoms with van der Waals surface area (Å²) in [6.45, 7) is 1.62. The van der Waals surface area contributed by atoms with Gasteiger partial charge < -0.3 is 13.8 Å². The number of rotatable bonds is 6. The van der Waals surface area contributed by atoms with Gasteiger partial charge in [-0.05, 0) is 36.7 Å². The zero-order valence-corrected chi connectivity index (χ0v) is 16.2. The lowest BCUT2D eigenvalue weighted by molar-refractivity contribution is -0.130. The van der Waals surface area contributed by atoms with Gasteiger partial charge in [-0.2, -0.15) is 4.98 Å². The third-order valence-electron chi connectivity index (χ3n) is 5.29. The summed E-state index contributed by atoms with van der Waals surface area (Å²) >= 11 is 0. The van der Waals surface area contributed by atoms with Crippen LogP contribution in [0.2, 0.25) is 0 Å². The second-order valence-corrected chi connectivity index (χ2v) is 7.31. The first-order valence-corrected chi connectivity index (χ1v) is 9.47. The molecule has 1 aromatic carbocycles. The summed E-state index contributed by atoms with van der Waals surface area (Å²) in [4.78, 5) is 21.0. The third kappa shape index (κ3) is 3.99. The van der Waals surface area contributed by atoms with Crippen molar-refractivity contribution in [1.29, 1.82) is 0 Å². The molecule has 0 saturated carbocycles. The molecule has 3 aromatic rings. The maximum Gasteiger partial charge on any atom is 0.238 e. The first kappa shape index (κ1) is 18.4. The largest absolute Gasteiger partial charge is 0.461 e. The van der Waals surface area contributed by atoms with Crippen molar-refractivity contribution in [3.8, 4) is 11.6 Å². The summed E-state index contributed by atoms with van der Waals surface area (Å²) in [5, 5.41) is 3.89. The van der Waals surface area contributed by atoms with Crippen LogP contribution in [0.5, 0.6) is 0 Å². The van der Waals surface area contributed by atoms with Crippen LogP contribution in [0.4, 0.5) is 0 Å². The van der Waals surface area contributed by atoms with Crippen LogP contribution in [0, 0.1) is 0 Å². The summed E-state index contributed by atoms with van der Waals surface area (Å²) in [7, 11) is 3.98. The Morgan fingerprint density at radius 2 is 2.07 bits per heavy atom. The number of amides is 1. The Morgan fingerprint density at radius 1 is 1.25 bits per heavy atom. The van der Waals surface area contributed by atoms with E-state index in [1.54, 1.807) is 23.3 Å². The number of hydrogen-bond donors (Lipinski definition) is 0. The van der Waals surface area contributed by atoms with E-state index in [1.807, 2.05) is 7.05 Å². The molecule has 4 rings (SSSR count). The molecule has 1 aliphatic rings. The highest BCUT2D eigenvalue weighted by Gasteiger charge is 2.25. The monoisotopic (exact) mass is 380 g/mol. The Balaban J connectivity index is 1.30. The Hall–Kier alpha value is -2.93. The van der Waals surface area contributed by atoms with E-state index in [0.717, 1.165) is 13.0 Å². The van der Waals surface area contributed by atoms with Crippen LogP contribution in [0.25, 0.3) is 11.6 Å². The van der Waals surface area contributed by atoms with Crippen molar-refractivity contribution in [3.63, 3.8) is 0 Å². The standard InChI is InChI=1S/C21H24N4O3/c1-24-13-16-7-4-3-6-15(16)12-17(24)14-25(2)20(26)10-9-19-22-21(23-28-19)18-8-5-11-27-18/h3-8,11,17H,9-10,12-14H2,1-2H3. The van der Waals surface area contributed by atoms with Crippen LogP contribution in [0.1, 0.15) is 23.4 Å². The average Bonchev–Trinajstić information content (AvgIpc) is 3.38.